The molecule has 1 heterocycles. The number of anilines is 1. The minimum Gasteiger partial charge on any atom is -0.411 e. The molecule has 0 radical (unpaired) electrons. The molecule has 1 amide bonds. The van der Waals surface area contributed by atoms with Crippen molar-refractivity contribution >= 4 is 39.3 Å². The molecule has 7 heteroatoms. The van der Waals surface area contributed by atoms with Crippen LogP contribution in [0.15, 0.2) is 62.6 Å². The molecule has 0 saturated carbocycles. The molecule has 25 heavy (non-hydrogen) atoms. The van der Waals surface area contributed by atoms with Gasteiger partial charge in [-0.3, -0.25) is 4.79 Å². The lowest BCUT2D eigenvalue weighted by molar-refractivity contribution is -0.115. The Labute approximate surface area is 158 Å². The number of halogens is 1. The summed E-state index contributed by atoms with van der Waals surface area (Å²) in [6, 6.07) is 15.3. The Morgan fingerprint density at radius 3 is 2.60 bits per heavy atom. The monoisotopic (exact) mass is 417 g/mol. The van der Waals surface area contributed by atoms with Crippen molar-refractivity contribution in [1.29, 1.82) is 0 Å². The Hall–Kier alpha value is -2.12. The second kappa shape index (κ2) is 7.84. The first-order valence-electron chi connectivity index (χ1n) is 7.65. The van der Waals surface area contributed by atoms with Gasteiger partial charge in [0, 0.05) is 15.7 Å². The zero-order valence-corrected chi connectivity index (χ0v) is 16.1. The van der Waals surface area contributed by atoms with Gasteiger partial charge >= 0.3 is 0 Å². The van der Waals surface area contributed by atoms with E-state index in [0.717, 1.165) is 21.3 Å². The third-order valence-electron chi connectivity index (χ3n) is 3.55. The third-order valence-corrected chi connectivity index (χ3v) is 5.01. The fraction of sp³-hybridized carbons (Fsp3) is 0.167. The van der Waals surface area contributed by atoms with E-state index in [0.29, 0.717) is 11.1 Å². The number of thioether (sulfide) groups is 1. The van der Waals surface area contributed by atoms with Gasteiger partial charge in [-0.2, -0.15) is 0 Å². The van der Waals surface area contributed by atoms with Gasteiger partial charge in [-0.1, -0.05) is 45.9 Å². The maximum absolute atomic E-state index is 12.4. The summed E-state index contributed by atoms with van der Waals surface area (Å²) < 4.78 is 6.63. The zero-order chi connectivity index (χ0) is 17.8. The van der Waals surface area contributed by atoms with Crippen LogP contribution < -0.4 is 5.32 Å². The molecule has 2 aromatic carbocycles. The van der Waals surface area contributed by atoms with E-state index < -0.39 is 0 Å². The first-order valence-corrected chi connectivity index (χ1v) is 9.33. The summed E-state index contributed by atoms with van der Waals surface area (Å²) in [7, 11) is 0. The van der Waals surface area contributed by atoms with Crippen molar-refractivity contribution in [3.63, 3.8) is 0 Å². The second-order valence-corrected chi connectivity index (χ2v) is 7.65. The van der Waals surface area contributed by atoms with Crippen molar-refractivity contribution in [3.8, 4) is 11.5 Å². The molecular formula is C18H16BrN3O2S. The fourth-order valence-corrected chi connectivity index (χ4v) is 3.07. The summed E-state index contributed by atoms with van der Waals surface area (Å²) in [6.07, 6.45) is 0. The van der Waals surface area contributed by atoms with E-state index in [2.05, 4.69) is 31.4 Å². The van der Waals surface area contributed by atoms with E-state index in [-0.39, 0.29) is 11.2 Å². The lowest BCUT2D eigenvalue weighted by Gasteiger charge is -2.11. The molecule has 0 bridgehead atoms. The van der Waals surface area contributed by atoms with Crippen LogP contribution in [0.4, 0.5) is 5.69 Å². The minimum atomic E-state index is -0.363. The highest BCUT2D eigenvalue weighted by molar-refractivity contribution is 9.10. The van der Waals surface area contributed by atoms with Gasteiger partial charge in [0.15, 0.2) is 0 Å². The van der Waals surface area contributed by atoms with Crippen molar-refractivity contribution in [2.24, 2.45) is 0 Å². The Balaban J connectivity index is 1.65. The number of nitrogens with one attached hydrogen (secondary N) is 1. The fourth-order valence-electron chi connectivity index (χ4n) is 2.12. The summed E-state index contributed by atoms with van der Waals surface area (Å²) in [5.74, 6) is 0.323. The largest absolute Gasteiger partial charge is 0.411 e. The van der Waals surface area contributed by atoms with Gasteiger partial charge in [0.1, 0.15) is 0 Å². The van der Waals surface area contributed by atoms with Crippen LogP contribution in [-0.2, 0) is 4.79 Å². The molecule has 0 aliphatic rings. The lowest BCUT2D eigenvalue weighted by Crippen LogP contribution is -2.22. The van der Waals surface area contributed by atoms with E-state index >= 15 is 0 Å². The van der Waals surface area contributed by atoms with Crippen LogP contribution in [-0.4, -0.2) is 21.4 Å². The van der Waals surface area contributed by atoms with Gasteiger partial charge in [0.25, 0.3) is 5.22 Å². The number of amides is 1. The minimum absolute atomic E-state index is 0.109. The molecule has 5 nitrogen and oxygen atoms in total. The van der Waals surface area contributed by atoms with E-state index in [1.807, 2.05) is 62.4 Å². The summed E-state index contributed by atoms with van der Waals surface area (Å²) in [5, 5.41) is 11.0. The van der Waals surface area contributed by atoms with Crippen molar-refractivity contribution in [3.05, 3.63) is 58.6 Å². The second-order valence-electron chi connectivity index (χ2n) is 5.44. The highest BCUT2D eigenvalue weighted by Gasteiger charge is 2.19. The molecule has 128 valence electrons. The third kappa shape index (κ3) is 4.49. The Bertz CT molecular complexity index is 880. The predicted molar refractivity (Wildman–Crippen MR) is 103 cm³/mol. The van der Waals surface area contributed by atoms with Gasteiger partial charge in [-0.15, -0.1) is 10.2 Å². The Morgan fingerprint density at radius 2 is 1.88 bits per heavy atom. The highest BCUT2D eigenvalue weighted by atomic mass is 79.9. The number of hydrogen-bond acceptors (Lipinski definition) is 5. The maximum atomic E-state index is 12.4. The number of aromatic nitrogens is 2. The van der Waals surface area contributed by atoms with Crippen molar-refractivity contribution in [2.45, 2.75) is 24.3 Å². The maximum Gasteiger partial charge on any atom is 0.277 e. The quantitative estimate of drug-likeness (QED) is 0.596. The van der Waals surface area contributed by atoms with E-state index in [1.54, 1.807) is 0 Å². The molecule has 1 atom stereocenters. The van der Waals surface area contributed by atoms with Crippen molar-refractivity contribution in [1.82, 2.24) is 10.2 Å². The molecule has 0 aliphatic heterocycles. The van der Waals surface area contributed by atoms with Gasteiger partial charge in [0.05, 0.1) is 5.25 Å². The topological polar surface area (TPSA) is 68.0 Å². The van der Waals surface area contributed by atoms with Gasteiger partial charge in [-0.25, -0.2) is 0 Å². The van der Waals surface area contributed by atoms with Crippen molar-refractivity contribution < 1.29 is 9.21 Å². The normalized spacial score (nSPS) is 12.0. The molecule has 1 N–H and O–H groups in total. The van der Waals surface area contributed by atoms with Crippen LogP contribution in [0.2, 0.25) is 0 Å². The molecule has 0 spiro atoms. The van der Waals surface area contributed by atoms with E-state index in [9.17, 15) is 4.79 Å². The molecular weight excluding hydrogens is 402 g/mol. The summed E-state index contributed by atoms with van der Waals surface area (Å²) in [5.41, 5.74) is 2.66. The average Bonchev–Trinajstić information content (AvgIpc) is 3.06. The number of carbonyl (C=O) groups excluding carboxylic acids is 1. The summed E-state index contributed by atoms with van der Waals surface area (Å²) in [4.78, 5) is 12.4. The Kier molecular flexibility index (Phi) is 5.55. The van der Waals surface area contributed by atoms with E-state index in [4.69, 9.17) is 4.42 Å². The van der Waals surface area contributed by atoms with Crippen LogP contribution in [0.1, 0.15) is 12.5 Å². The number of para-hydroxylation sites is 1. The average molecular weight is 418 g/mol. The molecule has 1 aromatic heterocycles. The van der Waals surface area contributed by atoms with Gasteiger partial charge in [0.2, 0.25) is 11.8 Å². The van der Waals surface area contributed by atoms with Crippen LogP contribution in [0.25, 0.3) is 11.5 Å². The number of benzene rings is 2. The summed E-state index contributed by atoms with van der Waals surface area (Å²) in [6.45, 7) is 3.76. The molecule has 1 unspecified atom stereocenters. The molecule has 3 aromatic rings. The molecule has 0 aliphatic carbocycles. The number of aryl methyl sites for hydroxylation is 1. The van der Waals surface area contributed by atoms with Crippen LogP contribution in [0.3, 0.4) is 0 Å². The van der Waals surface area contributed by atoms with Crippen molar-refractivity contribution in [2.75, 3.05) is 5.32 Å². The Morgan fingerprint density at radius 1 is 1.16 bits per heavy atom. The predicted octanol–water partition coefficient (Wildman–Crippen LogP) is 4.93. The standard InChI is InChI=1S/C18H16BrN3O2S/c1-11-5-3-4-6-15(11)20-16(23)12(2)25-18-22-21-17(24-18)13-7-9-14(19)10-8-13/h3-10,12H,1-2H3,(H,20,23). The SMILES string of the molecule is Cc1ccccc1NC(=O)C(C)Sc1nnc(-c2ccc(Br)cc2)o1. The first-order chi connectivity index (χ1) is 12.0. The molecule has 3 rings (SSSR count). The highest BCUT2D eigenvalue weighted by Crippen LogP contribution is 2.27. The first kappa shape index (κ1) is 17.7. The smallest absolute Gasteiger partial charge is 0.277 e. The van der Waals surface area contributed by atoms with Crippen LogP contribution in [0.5, 0.6) is 0 Å². The summed E-state index contributed by atoms with van der Waals surface area (Å²) >= 11 is 4.62. The van der Waals surface area contributed by atoms with Crippen LogP contribution in [0, 0.1) is 6.92 Å². The van der Waals surface area contributed by atoms with Gasteiger partial charge < -0.3 is 9.73 Å². The number of rotatable bonds is 5. The van der Waals surface area contributed by atoms with Gasteiger partial charge in [-0.05, 0) is 49.7 Å². The van der Waals surface area contributed by atoms with E-state index in [1.165, 1.54) is 11.8 Å². The molecule has 0 saturated heterocycles. The van der Waals surface area contributed by atoms with Crippen LogP contribution >= 0.6 is 27.7 Å². The number of nitrogens with zero attached hydrogens (tertiary/aromatic N) is 2. The lowest BCUT2D eigenvalue weighted by atomic mass is 10.2. The number of hydrogen-bond donors (Lipinski definition) is 1. The molecule has 0 fully saturated rings. The number of carbonyl (C=O) groups is 1. The zero-order valence-electron chi connectivity index (χ0n) is 13.7.